The number of fused-ring (bicyclic) bond motifs is 1. The van der Waals surface area contributed by atoms with Crippen LogP contribution in [0.25, 0.3) is 11.2 Å². The fourth-order valence-electron chi connectivity index (χ4n) is 3.52. The van der Waals surface area contributed by atoms with Gasteiger partial charge in [0.05, 0.1) is 25.1 Å². The molecule has 4 heterocycles. The number of ether oxygens (including phenoxy) is 2. The Balaban J connectivity index is 1.44. The molecule has 0 aliphatic carbocycles. The van der Waals surface area contributed by atoms with Gasteiger partial charge in [-0.3, -0.25) is 4.79 Å². The lowest BCUT2D eigenvalue weighted by Gasteiger charge is -2.39. The number of imidazole rings is 1. The number of nitrogens with zero attached hydrogens (tertiary/aromatic N) is 6. The molecule has 0 saturated carbocycles. The Hall–Kier alpha value is -2.30. The van der Waals surface area contributed by atoms with Crippen LogP contribution in [0.15, 0.2) is 12.7 Å². The average molecular weight is 390 g/mol. The van der Waals surface area contributed by atoms with Gasteiger partial charge in [0.2, 0.25) is 5.91 Å². The molecule has 2 aromatic heterocycles. The Morgan fingerprint density at radius 3 is 2.86 bits per heavy atom. The third kappa shape index (κ3) is 3.43. The van der Waals surface area contributed by atoms with Crippen molar-refractivity contribution < 1.29 is 19.4 Å². The van der Waals surface area contributed by atoms with Crippen molar-refractivity contribution >= 4 is 22.9 Å². The molecule has 0 radical (unpaired) electrons. The molecule has 2 atom stereocenters. The lowest BCUT2D eigenvalue weighted by atomic mass is 9.97. The third-order valence-corrected chi connectivity index (χ3v) is 5.57. The molecular weight excluding hydrogens is 364 g/mol. The van der Waals surface area contributed by atoms with Crippen LogP contribution >= 0.6 is 0 Å². The molecule has 2 unspecified atom stereocenters. The van der Waals surface area contributed by atoms with E-state index in [0.717, 1.165) is 5.82 Å². The molecule has 28 heavy (non-hydrogen) atoms. The third-order valence-electron chi connectivity index (χ3n) is 5.57. The summed E-state index contributed by atoms with van der Waals surface area (Å²) < 4.78 is 13.0. The van der Waals surface area contributed by atoms with Crippen molar-refractivity contribution in [2.45, 2.75) is 37.7 Å². The minimum absolute atomic E-state index is 0.00630. The molecule has 2 aliphatic rings. The van der Waals surface area contributed by atoms with E-state index in [1.807, 2.05) is 11.5 Å². The molecule has 2 saturated heterocycles. The largest absolute Gasteiger partial charge is 0.385 e. The summed E-state index contributed by atoms with van der Waals surface area (Å²) >= 11 is 0. The molecule has 0 spiro atoms. The van der Waals surface area contributed by atoms with E-state index in [4.69, 9.17) is 9.47 Å². The minimum atomic E-state index is -0.923. The highest BCUT2D eigenvalue weighted by Gasteiger charge is 2.40. The lowest BCUT2D eigenvalue weighted by molar-refractivity contribution is -0.136. The van der Waals surface area contributed by atoms with Crippen molar-refractivity contribution in [1.82, 2.24) is 24.4 Å². The number of rotatable bonds is 6. The molecule has 1 amide bonds. The van der Waals surface area contributed by atoms with Crippen LogP contribution in [0.2, 0.25) is 0 Å². The number of hydrogen-bond acceptors (Lipinski definition) is 8. The van der Waals surface area contributed by atoms with Crippen LogP contribution < -0.4 is 4.90 Å². The number of aromatic nitrogens is 4. The molecular formula is C18H26N6O4. The monoisotopic (exact) mass is 390 g/mol. The van der Waals surface area contributed by atoms with E-state index in [9.17, 15) is 9.90 Å². The number of anilines is 1. The fourth-order valence-corrected chi connectivity index (χ4v) is 3.52. The van der Waals surface area contributed by atoms with E-state index >= 15 is 0 Å². The van der Waals surface area contributed by atoms with Crippen LogP contribution in [0.4, 0.5) is 5.82 Å². The van der Waals surface area contributed by atoms with Crippen LogP contribution in [-0.4, -0.2) is 93.6 Å². The molecule has 4 rings (SSSR count). The molecule has 2 aliphatic heterocycles. The van der Waals surface area contributed by atoms with Gasteiger partial charge < -0.3 is 28.9 Å². The van der Waals surface area contributed by atoms with Gasteiger partial charge in [0.15, 0.2) is 17.0 Å². The second-order valence-corrected chi connectivity index (χ2v) is 7.73. The van der Waals surface area contributed by atoms with Crippen molar-refractivity contribution in [3.63, 3.8) is 0 Å². The van der Waals surface area contributed by atoms with Gasteiger partial charge in [-0.25, -0.2) is 15.0 Å². The Bertz CT molecular complexity index is 865. The van der Waals surface area contributed by atoms with Crippen LogP contribution in [0.1, 0.15) is 13.3 Å². The minimum Gasteiger partial charge on any atom is -0.385 e. The summed E-state index contributed by atoms with van der Waals surface area (Å²) in [5.74, 6) is 0.690. The SMILES string of the molecule is CC1OCCC1(O)Cn1cnc2c(N3CC(OCC(=O)N(C)C)C3)ncnc21. The average Bonchev–Trinajstić information content (AvgIpc) is 3.17. The number of amides is 1. The van der Waals surface area contributed by atoms with Crippen LogP contribution in [-0.2, 0) is 20.8 Å². The number of hydrogen-bond donors (Lipinski definition) is 1. The maximum absolute atomic E-state index is 11.6. The van der Waals surface area contributed by atoms with Gasteiger partial charge in [-0.15, -0.1) is 0 Å². The first-order chi connectivity index (χ1) is 13.4. The molecule has 2 aromatic rings. The summed E-state index contributed by atoms with van der Waals surface area (Å²) in [6, 6.07) is 0. The van der Waals surface area contributed by atoms with Gasteiger partial charge in [0, 0.05) is 40.2 Å². The zero-order chi connectivity index (χ0) is 19.9. The summed E-state index contributed by atoms with van der Waals surface area (Å²) in [6.45, 7) is 4.18. The van der Waals surface area contributed by atoms with E-state index in [0.29, 0.717) is 43.8 Å². The van der Waals surface area contributed by atoms with Gasteiger partial charge in [0.25, 0.3) is 0 Å². The summed E-state index contributed by atoms with van der Waals surface area (Å²) in [5.41, 5.74) is 0.457. The Kier molecular flexibility index (Phi) is 4.94. The summed E-state index contributed by atoms with van der Waals surface area (Å²) in [5, 5.41) is 10.8. The van der Waals surface area contributed by atoms with Crippen molar-refractivity contribution in [1.29, 1.82) is 0 Å². The number of carbonyl (C=O) groups is 1. The first-order valence-electron chi connectivity index (χ1n) is 9.44. The number of carbonyl (C=O) groups excluding carboxylic acids is 1. The van der Waals surface area contributed by atoms with E-state index in [2.05, 4.69) is 19.9 Å². The molecule has 0 aromatic carbocycles. The van der Waals surface area contributed by atoms with Crippen molar-refractivity contribution in [3.05, 3.63) is 12.7 Å². The van der Waals surface area contributed by atoms with Crippen LogP contribution in [0.3, 0.4) is 0 Å². The summed E-state index contributed by atoms with van der Waals surface area (Å²) in [7, 11) is 3.42. The van der Waals surface area contributed by atoms with Crippen LogP contribution in [0.5, 0.6) is 0 Å². The second-order valence-electron chi connectivity index (χ2n) is 7.73. The van der Waals surface area contributed by atoms with Gasteiger partial charge in [-0.2, -0.15) is 0 Å². The van der Waals surface area contributed by atoms with E-state index in [1.54, 1.807) is 20.4 Å². The molecule has 10 heteroatoms. The van der Waals surface area contributed by atoms with E-state index < -0.39 is 5.60 Å². The molecule has 2 fully saturated rings. The van der Waals surface area contributed by atoms with Crippen LogP contribution in [0, 0.1) is 0 Å². The van der Waals surface area contributed by atoms with Crippen molar-refractivity contribution in [3.8, 4) is 0 Å². The maximum atomic E-state index is 11.6. The highest BCUT2D eigenvalue weighted by molar-refractivity contribution is 5.83. The first-order valence-corrected chi connectivity index (χ1v) is 9.44. The topological polar surface area (TPSA) is 106 Å². The van der Waals surface area contributed by atoms with E-state index in [1.165, 1.54) is 11.2 Å². The van der Waals surface area contributed by atoms with Crippen molar-refractivity contribution in [2.24, 2.45) is 0 Å². The Morgan fingerprint density at radius 2 is 2.18 bits per heavy atom. The van der Waals surface area contributed by atoms with Gasteiger partial charge in [-0.05, 0) is 6.92 Å². The predicted molar refractivity (Wildman–Crippen MR) is 101 cm³/mol. The highest BCUT2D eigenvalue weighted by Crippen LogP contribution is 2.30. The van der Waals surface area contributed by atoms with Gasteiger partial charge >= 0.3 is 0 Å². The van der Waals surface area contributed by atoms with Gasteiger partial charge in [0.1, 0.15) is 18.5 Å². The smallest absolute Gasteiger partial charge is 0.248 e. The highest BCUT2D eigenvalue weighted by atomic mass is 16.5. The summed E-state index contributed by atoms with van der Waals surface area (Å²) in [4.78, 5) is 28.4. The number of likely N-dealkylation sites (N-methyl/N-ethyl adjacent to an activating group) is 1. The second kappa shape index (κ2) is 7.26. The lowest BCUT2D eigenvalue weighted by Crippen LogP contribution is -2.53. The number of aliphatic hydroxyl groups is 1. The molecule has 0 bridgehead atoms. The molecule has 10 nitrogen and oxygen atoms in total. The fraction of sp³-hybridized carbons (Fsp3) is 0.667. The Labute approximate surface area is 163 Å². The van der Waals surface area contributed by atoms with E-state index in [-0.39, 0.29) is 24.7 Å². The summed E-state index contributed by atoms with van der Waals surface area (Å²) in [6.07, 6.45) is 3.55. The predicted octanol–water partition coefficient (Wildman–Crippen LogP) is -0.340. The Morgan fingerprint density at radius 1 is 1.39 bits per heavy atom. The van der Waals surface area contributed by atoms with Crippen molar-refractivity contribution in [2.75, 3.05) is 45.3 Å². The zero-order valence-electron chi connectivity index (χ0n) is 16.4. The quantitative estimate of drug-likeness (QED) is 0.714. The standard InChI is InChI=1S/C18H26N6O4/c1-12-18(26,4-5-27-12)9-24-11-21-15-16(19-10-20-17(15)24)23-6-13(7-23)28-8-14(25)22(2)3/h10-13,26H,4-9H2,1-3H3. The normalized spacial score (nSPS) is 25.3. The maximum Gasteiger partial charge on any atom is 0.248 e. The molecule has 1 N–H and O–H groups in total. The first kappa shape index (κ1) is 19.0. The van der Waals surface area contributed by atoms with Gasteiger partial charge in [-0.1, -0.05) is 0 Å². The molecule has 152 valence electrons. The zero-order valence-corrected chi connectivity index (χ0v) is 16.4.